The lowest BCUT2D eigenvalue weighted by Gasteiger charge is -2.38. The van der Waals surface area contributed by atoms with Crippen LogP contribution in [0.3, 0.4) is 0 Å². The van der Waals surface area contributed by atoms with Crippen LogP contribution in [0.4, 0.5) is 0 Å². The Morgan fingerprint density at radius 3 is 2.86 bits per heavy atom. The van der Waals surface area contributed by atoms with E-state index in [4.69, 9.17) is 0 Å². The fraction of sp³-hybridized carbons (Fsp3) is 0.900. The summed E-state index contributed by atoms with van der Waals surface area (Å²) in [5, 5.41) is 6.10. The molecule has 14 heavy (non-hydrogen) atoms. The van der Waals surface area contributed by atoms with Crippen molar-refractivity contribution in [1.82, 2.24) is 15.5 Å². The van der Waals surface area contributed by atoms with Gasteiger partial charge in [-0.15, -0.1) is 0 Å². The predicted molar refractivity (Wildman–Crippen MR) is 55.0 cm³/mol. The van der Waals surface area contributed by atoms with Crippen molar-refractivity contribution in [3.63, 3.8) is 0 Å². The molecule has 0 bridgehead atoms. The van der Waals surface area contributed by atoms with Gasteiger partial charge in [0.1, 0.15) is 6.04 Å². The Morgan fingerprint density at radius 2 is 2.29 bits per heavy atom. The first-order chi connectivity index (χ1) is 6.72. The number of rotatable bonds is 3. The molecule has 1 amide bonds. The minimum Gasteiger partial charge on any atom is -0.351 e. The zero-order valence-corrected chi connectivity index (χ0v) is 8.92. The highest BCUT2D eigenvalue weighted by Crippen LogP contribution is 2.29. The second-order valence-corrected chi connectivity index (χ2v) is 4.41. The molecule has 1 saturated heterocycles. The number of likely N-dealkylation sites (N-methyl/N-ethyl adjacent to an activating group) is 1. The average Bonchev–Trinajstić information content (AvgIpc) is 2.92. The van der Waals surface area contributed by atoms with Gasteiger partial charge in [0.15, 0.2) is 0 Å². The summed E-state index contributed by atoms with van der Waals surface area (Å²) < 4.78 is 0. The lowest BCUT2D eigenvalue weighted by molar-refractivity contribution is -0.130. The van der Waals surface area contributed by atoms with Gasteiger partial charge >= 0.3 is 0 Å². The summed E-state index contributed by atoms with van der Waals surface area (Å²) in [6.45, 7) is 3.83. The minimum atomic E-state index is 0.0451. The van der Waals surface area contributed by atoms with Crippen molar-refractivity contribution in [2.24, 2.45) is 0 Å². The molecule has 1 heterocycles. The molecule has 2 N–H and O–H groups in total. The van der Waals surface area contributed by atoms with Crippen molar-refractivity contribution in [3.8, 4) is 0 Å². The number of carbonyl (C=O) groups is 1. The van der Waals surface area contributed by atoms with E-state index in [1.807, 2.05) is 7.05 Å². The number of hydrogen-bond donors (Lipinski definition) is 2. The number of amides is 1. The summed E-state index contributed by atoms with van der Waals surface area (Å²) in [4.78, 5) is 14.1. The first kappa shape index (κ1) is 9.93. The average molecular weight is 197 g/mol. The number of nitrogens with zero attached hydrogens (tertiary/aromatic N) is 1. The zero-order chi connectivity index (χ0) is 10.1. The standard InChI is InChI=1S/C10H19N3O/c1-7-6-13(8-3-4-8)9(5-11-2)10(14)12-7/h7-9,11H,3-6H2,1-2H3,(H,12,14). The topological polar surface area (TPSA) is 44.4 Å². The molecule has 4 nitrogen and oxygen atoms in total. The predicted octanol–water partition coefficient (Wildman–Crippen LogP) is -0.443. The fourth-order valence-corrected chi connectivity index (χ4v) is 2.19. The molecule has 2 unspecified atom stereocenters. The van der Waals surface area contributed by atoms with Crippen LogP contribution in [0.5, 0.6) is 0 Å². The zero-order valence-electron chi connectivity index (χ0n) is 8.92. The molecular formula is C10H19N3O. The molecule has 2 fully saturated rings. The van der Waals surface area contributed by atoms with Gasteiger partial charge in [0.2, 0.25) is 5.91 Å². The molecule has 2 aliphatic rings. The van der Waals surface area contributed by atoms with E-state index in [0.29, 0.717) is 12.1 Å². The van der Waals surface area contributed by atoms with Crippen molar-refractivity contribution < 1.29 is 4.79 Å². The number of hydrogen-bond acceptors (Lipinski definition) is 3. The monoisotopic (exact) mass is 197 g/mol. The van der Waals surface area contributed by atoms with E-state index in [1.54, 1.807) is 0 Å². The van der Waals surface area contributed by atoms with E-state index >= 15 is 0 Å². The van der Waals surface area contributed by atoms with Gasteiger partial charge in [0.05, 0.1) is 0 Å². The van der Waals surface area contributed by atoms with Gasteiger partial charge in [-0.05, 0) is 26.8 Å². The quantitative estimate of drug-likeness (QED) is 0.644. The van der Waals surface area contributed by atoms with E-state index in [2.05, 4.69) is 22.5 Å². The van der Waals surface area contributed by atoms with Crippen LogP contribution < -0.4 is 10.6 Å². The Kier molecular flexibility index (Phi) is 2.74. The third kappa shape index (κ3) is 1.91. The molecule has 0 aromatic heterocycles. The Labute approximate surface area is 85.0 Å². The van der Waals surface area contributed by atoms with Crippen LogP contribution in [0.15, 0.2) is 0 Å². The summed E-state index contributed by atoms with van der Waals surface area (Å²) in [6.07, 6.45) is 2.53. The van der Waals surface area contributed by atoms with Gasteiger partial charge in [-0.25, -0.2) is 0 Å². The highest BCUT2D eigenvalue weighted by atomic mass is 16.2. The van der Waals surface area contributed by atoms with E-state index in [-0.39, 0.29) is 11.9 Å². The second kappa shape index (κ2) is 3.87. The maximum absolute atomic E-state index is 11.7. The first-order valence-electron chi connectivity index (χ1n) is 5.43. The third-order valence-corrected chi connectivity index (χ3v) is 2.99. The Morgan fingerprint density at radius 1 is 1.57 bits per heavy atom. The van der Waals surface area contributed by atoms with E-state index in [1.165, 1.54) is 12.8 Å². The molecule has 1 aliphatic heterocycles. The molecule has 2 atom stereocenters. The largest absolute Gasteiger partial charge is 0.351 e. The van der Waals surface area contributed by atoms with Gasteiger partial charge in [0.25, 0.3) is 0 Å². The van der Waals surface area contributed by atoms with Crippen LogP contribution >= 0.6 is 0 Å². The van der Waals surface area contributed by atoms with E-state index in [9.17, 15) is 4.79 Å². The van der Waals surface area contributed by atoms with Crippen molar-refractivity contribution >= 4 is 5.91 Å². The second-order valence-electron chi connectivity index (χ2n) is 4.41. The molecule has 0 aromatic rings. The Bertz CT molecular complexity index is 227. The van der Waals surface area contributed by atoms with E-state index < -0.39 is 0 Å². The minimum absolute atomic E-state index is 0.0451. The van der Waals surface area contributed by atoms with Gasteiger partial charge in [-0.1, -0.05) is 0 Å². The fourth-order valence-electron chi connectivity index (χ4n) is 2.19. The molecule has 0 radical (unpaired) electrons. The first-order valence-corrected chi connectivity index (χ1v) is 5.43. The highest BCUT2D eigenvalue weighted by molar-refractivity contribution is 5.83. The normalized spacial score (nSPS) is 34.3. The van der Waals surface area contributed by atoms with Crippen molar-refractivity contribution in [3.05, 3.63) is 0 Å². The lowest BCUT2D eigenvalue weighted by atomic mass is 10.1. The maximum atomic E-state index is 11.7. The summed E-state index contributed by atoms with van der Waals surface area (Å²) in [5.74, 6) is 0.185. The van der Waals surface area contributed by atoms with E-state index in [0.717, 1.165) is 13.1 Å². The van der Waals surface area contributed by atoms with Crippen molar-refractivity contribution in [2.45, 2.75) is 37.9 Å². The number of piperazine rings is 1. The molecular weight excluding hydrogens is 178 g/mol. The van der Waals surface area contributed by atoms with Crippen LogP contribution in [0.25, 0.3) is 0 Å². The Hall–Kier alpha value is -0.610. The molecule has 0 aromatic carbocycles. The third-order valence-electron chi connectivity index (χ3n) is 2.99. The molecule has 1 saturated carbocycles. The maximum Gasteiger partial charge on any atom is 0.238 e. The van der Waals surface area contributed by atoms with Crippen molar-refractivity contribution in [1.29, 1.82) is 0 Å². The van der Waals surface area contributed by atoms with Crippen molar-refractivity contribution in [2.75, 3.05) is 20.1 Å². The summed E-state index contributed by atoms with van der Waals surface area (Å²) in [5.41, 5.74) is 0. The van der Waals surface area contributed by atoms with Gasteiger partial charge in [-0.3, -0.25) is 9.69 Å². The van der Waals surface area contributed by atoms with Crippen LogP contribution in [-0.2, 0) is 4.79 Å². The van der Waals surface area contributed by atoms with Crippen LogP contribution in [-0.4, -0.2) is 49.1 Å². The molecule has 4 heteroatoms. The molecule has 2 rings (SSSR count). The summed E-state index contributed by atoms with van der Waals surface area (Å²) in [6, 6.07) is 1.02. The summed E-state index contributed by atoms with van der Waals surface area (Å²) >= 11 is 0. The van der Waals surface area contributed by atoms with Gasteiger partial charge < -0.3 is 10.6 Å². The molecule has 0 spiro atoms. The Balaban J connectivity index is 2.04. The SMILES string of the molecule is CNCC1C(=O)NC(C)CN1C1CC1. The van der Waals surface area contributed by atoms with Crippen LogP contribution in [0.2, 0.25) is 0 Å². The highest BCUT2D eigenvalue weighted by Gasteiger charge is 2.40. The smallest absolute Gasteiger partial charge is 0.238 e. The van der Waals surface area contributed by atoms with Crippen LogP contribution in [0, 0.1) is 0 Å². The van der Waals surface area contributed by atoms with Gasteiger partial charge in [-0.2, -0.15) is 0 Å². The molecule has 80 valence electrons. The summed E-state index contributed by atoms with van der Waals surface area (Å²) in [7, 11) is 1.90. The number of carbonyl (C=O) groups excluding carboxylic acids is 1. The lowest BCUT2D eigenvalue weighted by Crippen LogP contribution is -2.62. The molecule has 1 aliphatic carbocycles. The number of nitrogens with one attached hydrogen (secondary N) is 2. The van der Waals surface area contributed by atoms with Crippen LogP contribution in [0.1, 0.15) is 19.8 Å². The van der Waals surface area contributed by atoms with Gasteiger partial charge in [0, 0.05) is 25.2 Å².